The number of carboxylic acid groups (broad SMARTS) is 4. The highest BCUT2D eigenvalue weighted by molar-refractivity contribution is 5.74. The van der Waals surface area contributed by atoms with Crippen LogP contribution in [-0.4, -0.2) is 84.6 Å². The van der Waals surface area contributed by atoms with E-state index in [1.54, 1.807) is 0 Å². The molecule has 266 valence electrons. The van der Waals surface area contributed by atoms with Crippen LogP contribution in [0.3, 0.4) is 0 Å². The molecular weight excluding hydrogens is 636 g/mol. The Morgan fingerprint density at radius 3 is 0.820 bits per heavy atom. The zero-order valence-corrected chi connectivity index (χ0v) is 29.0. The lowest BCUT2D eigenvalue weighted by atomic mass is 10.1. The van der Waals surface area contributed by atoms with Crippen LogP contribution in [0.15, 0.2) is 72.8 Å². The lowest BCUT2D eigenvalue weighted by Crippen LogP contribution is -2.47. The number of benzene rings is 3. The predicted molar refractivity (Wildman–Crippen MR) is 200 cm³/mol. The van der Waals surface area contributed by atoms with Crippen LogP contribution < -0.4 is 8.97 Å². The molecule has 0 saturated heterocycles. The summed E-state index contributed by atoms with van der Waals surface area (Å²) in [6, 6.07) is 24.4. The van der Waals surface area contributed by atoms with Gasteiger partial charge in [-0.2, -0.15) is 0 Å². The van der Waals surface area contributed by atoms with Crippen LogP contribution >= 0.6 is 0 Å². The van der Waals surface area contributed by atoms with Crippen LogP contribution in [-0.2, 0) is 19.2 Å². The van der Waals surface area contributed by atoms with Gasteiger partial charge in [0, 0.05) is 25.7 Å². The number of hydrogen-bond donors (Lipinski definition) is 4. The quantitative estimate of drug-likeness (QED) is 0.0633. The minimum Gasteiger partial charge on any atom is -0.481 e. The fourth-order valence-corrected chi connectivity index (χ4v) is 6.05. The number of rotatable bonds is 22. The number of quaternary nitrogens is 2. The second-order valence-corrected chi connectivity index (χ2v) is 13.2. The summed E-state index contributed by atoms with van der Waals surface area (Å²) in [5.41, 5.74) is 6.15. The Morgan fingerprint density at radius 2 is 0.620 bits per heavy atom. The molecule has 0 saturated carbocycles. The molecule has 0 unspecified atom stereocenters. The van der Waals surface area contributed by atoms with Crippen molar-refractivity contribution in [3.63, 3.8) is 0 Å². The smallest absolute Gasteiger partial charge is 0.303 e. The Bertz CT molecular complexity index is 1460. The van der Waals surface area contributed by atoms with Gasteiger partial charge in [0.15, 0.2) is 0 Å². The first kappa shape index (κ1) is 39.4. The average molecular weight is 687 g/mol. The summed E-state index contributed by atoms with van der Waals surface area (Å²) in [5, 5.41) is 36.3. The Balaban J connectivity index is 1.63. The van der Waals surface area contributed by atoms with E-state index < -0.39 is 23.9 Å². The molecule has 10 heteroatoms. The molecule has 0 fully saturated rings. The second kappa shape index (κ2) is 19.2. The molecule has 0 atom stereocenters. The van der Waals surface area contributed by atoms with Crippen LogP contribution in [0.25, 0.3) is 24.3 Å². The summed E-state index contributed by atoms with van der Waals surface area (Å²) in [7, 11) is 4.05. The van der Waals surface area contributed by atoms with Gasteiger partial charge in [0.2, 0.25) is 0 Å². The Morgan fingerprint density at radius 1 is 0.420 bits per heavy atom. The van der Waals surface area contributed by atoms with Crippen molar-refractivity contribution in [1.82, 2.24) is 8.97 Å². The van der Waals surface area contributed by atoms with Gasteiger partial charge in [-0.05, 0) is 70.8 Å². The van der Waals surface area contributed by atoms with E-state index in [1.165, 1.54) is 0 Å². The number of carboxylic acids is 4. The Kier molecular flexibility index (Phi) is 15.1. The maximum atomic E-state index is 11.1. The van der Waals surface area contributed by atoms with Crippen molar-refractivity contribution in [2.45, 2.75) is 51.4 Å². The molecule has 0 spiro atoms. The van der Waals surface area contributed by atoms with Gasteiger partial charge in [0.25, 0.3) is 0 Å². The minimum absolute atomic E-state index is 0.0753. The predicted octanol–water partition coefficient (Wildman–Crippen LogP) is 7.36. The van der Waals surface area contributed by atoms with Crippen LogP contribution in [0.1, 0.15) is 73.6 Å². The molecule has 50 heavy (non-hydrogen) atoms. The van der Waals surface area contributed by atoms with Crippen LogP contribution in [0, 0.1) is 0 Å². The van der Waals surface area contributed by atoms with Crippen LogP contribution in [0.4, 0.5) is 11.4 Å². The highest BCUT2D eigenvalue weighted by Crippen LogP contribution is 2.26. The van der Waals surface area contributed by atoms with Gasteiger partial charge in [-0.25, -0.2) is 0 Å². The minimum atomic E-state index is -0.837. The third-order valence-electron chi connectivity index (χ3n) is 9.07. The summed E-state index contributed by atoms with van der Waals surface area (Å²) < 4.78 is 0.955. The molecule has 0 aromatic heterocycles. The summed E-state index contributed by atoms with van der Waals surface area (Å²) in [5.74, 6) is -3.35. The fourth-order valence-electron chi connectivity index (χ4n) is 6.05. The van der Waals surface area contributed by atoms with Gasteiger partial charge in [-0.15, -0.1) is 0 Å². The zero-order chi connectivity index (χ0) is 36.6. The molecule has 4 N–H and O–H groups in total. The molecule has 0 aliphatic carbocycles. The topological polar surface area (TPSA) is 149 Å². The van der Waals surface area contributed by atoms with Gasteiger partial charge in [-0.1, -0.05) is 48.6 Å². The van der Waals surface area contributed by atoms with Crippen molar-refractivity contribution < 1.29 is 39.6 Å². The molecule has 0 bridgehead atoms. The second-order valence-electron chi connectivity index (χ2n) is 13.2. The van der Waals surface area contributed by atoms with E-state index in [0.717, 1.165) is 33.6 Å². The largest absolute Gasteiger partial charge is 0.481 e. The van der Waals surface area contributed by atoms with Crippen LogP contribution in [0.2, 0.25) is 0 Å². The van der Waals surface area contributed by atoms with E-state index in [9.17, 15) is 19.2 Å². The van der Waals surface area contributed by atoms with Crippen molar-refractivity contribution in [1.29, 1.82) is 0 Å². The van der Waals surface area contributed by atoms with E-state index in [0.29, 0.717) is 60.8 Å². The standard InChI is InChI=1S/C40H48N2O8/c1-41(27-3-7-37(43)44,28-4-8-38(45)46)35-23-19-33(20-24-35)17-15-31-11-13-32(14-12-31)16-18-34-21-25-36(26-22-34)42(2,29-5-9-39(47)48)30-6-10-40(49)50/h11-26H,3-10,27-30H2,1-2H3,(H2-2,43,44,45,46,47,48,49,50)/p+2/b17-15+,18-16+. The molecule has 0 amide bonds. The average Bonchev–Trinajstić information content (AvgIpc) is 3.06. The Hall–Kier alpha value is -5.06. The molecule has 0 aliphatic heterocycles. The van der Waals surface area contributed by atoms with E-state index in [-0.39, 0.29) is 25.7 Å². The maximum Gasteiger partial charge on any atom is 0.303 e. The summed E-state index contributed by atoms with van der Waals surface area (Å²) in [6.07, 6.45) is 10.5. The number of nitrogens with zero attached hydrogens (tertiary/aromatic N) is 2. The molecule has 0 aliphatic rings. The van der Waals surface area contributed by atoms with Gasteiger partial charge in [0.1, 0.15) is 11.4 Å². The molecule has 3 rings (SSSR count). The molecular formula is C40H50N2O8+2. The van der Waals surface area contributed by atoms with E-state index in [2.05, 4.69) is 0 Å². The maximum absolute atomic E-state index is 11.1. The molecule has 3 aromatic carbocycles. The highest BCUT2D eigenvalue weighted by Gasteiger charge is 2.26. The first-order valence-electron chi connectivity index (χ1n) is 17.0. The van der Waals surface area contributed by atoms with E-state index >= 15 is 0 Å². The molecule has 3 aromatic rings. The Labute approximate surface area is 294 Å². The summed E-state index contributed by atoms with van der Waals surface area (Å²) >= 11 is 0. The summed E-state index contributed by atoms with van der Waals surface area (Å²) in [4.78, 5) is 44.3. The normalized spacial score (nSPS) is 12.0. The van der Waals surface area contributed by atoms with Gasteiger partial charge >= 0.3 is 23.9 Å². The van der Waals surface area contributed by atoms with E-state index in [1.807, 2.05) is 111 Å². The van der Waals surface area contributed by atoms with Gasteiger partial charge in [-0.3, -0.25) is 28.1 Å². The number of hydrogen-bond acceptors (Lipinski definition) is 4. The van der Waals surface area contributed by atoms with Crippen molar-refractivity contribution in [3.8, 4) is 0 Å². The monoisotopic (exact) mass is 686 g/mol. The highest BCUT2D eigenvalue weighted by atomic mass is 16.4. The number of carbonyl (C=O) groups is 4. The summed E-state index contributed by atoms with van der Waals surface area (Å²) in [6.45, 7) is 2.44. The van der Waals surface area contributed by atoms with Crippen molar-refractivity contribution in [3.05, 3.63) is 95.1 Å². The molecule has 0 heterocycles. The van der Waals surface area contributed by atoms with Gasteiger partial charge < -0.3 is 20.4 Å². The first-order valence-corrected chi connectivity index (χ1v) is 17.0. The molecule has 10 nitrogen and oxygen atoms in total. The zero-order valence-electron chi connectivity index (χ0n) is 29.0. The lowest BCUT2D eigenvalue weighted by Gasteiger charge is -2.34. The SMILES string of the molecule is C[N+](CCCC(=O)O)(CCCC(=O)O)c1ccc(/C=C/c2ccc(/C=C/c3ccc([N+](C)(CCCC(=O)O)CCCC(=O)O)cc3)cc2)cc1. The molecule has 0 radical (unpaired) electrons. The fraction of sp³-hybridized carbons (Fsp3) is 0.350. The third kappa shape index (κ3) is 13.4. The van der Waals surface area contributed by atoms with Gasteiger partial charge in [0.05, 0.1) is 66.0 Å². The van der Waals surface area contributed by atoms with E-state index in [4.69, 9.17) is 20.4 Å². The third-order valence-corrected chi connectivity index (χ3v) is 9.07. The van der Waals surface area contributed by atoms with Crippen molar-refractivity contribution in [2.24, 2.45) is 0 Å². The van der Waals surface area contributed by atoms with Crippen LogP contribution in [0.5, 0.6) is 0 Å². The first-order chi connectivity index (χ1) is 23.8. The van der Waals surface area contributed by atoms with Crippen molar-refractivity contribution in [2.75, 3.05) is 40.3 Å². The lowest BCUT2D eigenvalue weighted by molar-refractivity contribution is -0.138. The number of aliphatic carboxylic acids is 4. The van der Waals surface area contributed by atoms with Crippen molar-refractivity contribution >= 4 is 59.6 Å².